The number of carbonyl (C=O) groups excluding carboxylic acids is 2. The molecule has 0 fully saturated rings. The zero-order valence-corrected chi connectivity index (χ0v) is 20.1. The molecule has 3 aromatic rings. The number of hydrogen-bond acceptors (Lipinski definition) is 7. The van der Waals surface area contributed by atoms with E-state index in [-0.39, 0.29) is 23.1 Å². The van der Waals surface area contributed by atoms with Crippen LogP contribution in [-0.2, 0) is 11.2 Å². The fourth-order valence-electron chi connectivity index (χ4n) is 2.90. The van der Waals surface area contributed by atoms with Crippen LogP contribution >= 0.6 is 34.4 Å². The van der Waals surface area contributed by atoms with E-state index >= 15 is 0 Å². The zero-order valence-electron chi connectivity index (χ0n) is 17.2. The second-order valence-electron chi connectivity index (χ2n) is 6.81. The van der Waals surface area contributed by atoms with Gasteiger partial charge >= 0.3 is 0 Å². The molecule has 9 nitrogen and oxygen atoms in total. The quantitative estimate of drug-likeness (QED) is 0.0991. The Morgan fingerprint density at radius 3 is 2.44 bits per heavy atom. The Balaban J connectivity index is 1.76. The smallest absolute Gasteiger partial charge is 0.269 e. The van der Waals surface area contributed by atoms with Gasteiger partial charge < -0.3 is 5.32 Å². The predicted molar refractivity (Wildman–Crippen MR) is 129 cm³/mol. The lowest BCUT2D eigenvalue weighted by molar-refractivity contribution is -0.384. The molecule has 0 atom stereocenters. The molecule has 0 radical (unpaired) electrons. The number of halogens is 1. The van der Waals surface area contributed by atoms with Crippen molar-refractivity contribution in [2.24, 2.45) is 0 Å². The zero-order chi connectivity index (χ0) is 23.1. The van der Waals surface area contributed by atoms with Crippen molar-refractivity contribution in [3.63, 3.8) is 0 Å². The number of aryl methyl sites for hydroxylation is 1. The van der Waals surface area contributed by atoms with E-state index in [1.165, 1.54) is 43.0 Å². The summed E-state index contributed by atoms with van der Waals surface area (Å²) in [7, 11) is 0. The van der Waals surface area contributed by atoms with Crippen molar-refractivity contribution in [3.8, 4) is 5.69 Å². The van der Waals surface area contributed by atoms with Gasteiger partial charge in [0.25, 0.3) is 5.69 Å². The number of thioether (sulfide) groups is 1. The van der Waals surface area contributed by atoms with E-state index in [4.69, 9.17) is 0 Å². The number of aromatic nitrogens is 3. The van der Waals surface area contributed by atoms with Gasteiger partial charge in [0.15, 0.2) is 10.9 Å². The molecule has 2 aromatic carbocycles. The van der Waals surface area contributed by atoms with Gasteiger partial charge in [-0.25, -0.2) is 0 Å². The molecule has 0 spiro atoms. The van der Waals surface area contributed by atoms with Gasteiger partial charge in [-0.15, -0.1) is 10.2 Å². The van der Waals surface area contributed by atoms with Crippen molar-refractivity contribution < 1.29 is 14.5 Å². The molecule has 0 aliphatic carbocycles. The van der Waals surface area contributed by atoms with Gasteiger partial charge in [0.1, 0.15) is 5.82 Å². The lowest BCUT2D eigenvalue weighted by atomic mass is 10.1. The third kappa shape index (κ3) is 6.36. The highest BCUT2D eigenvalue weighted by molar-refractivity contribution is 14.1. The fourth-order valence-corrected chi connectivity index (χ4v) is 4.12. The number of non-ortho nitro benzene ring substituents is 1. The molecule has 0 saturated heterocycles. The normalized spacial score (nSPS) is 10.7. The van der Waals surface area contributed by atoms with Crippen LogP contribution in [0.5, 0.6) is 0 Å². The highest BCUT2D eigenvalue weighted by atomic mass is 127. The Hall–Kier alpha value is -2.80. The summed E-state index contributed by atoms with van der Waals surface area (Å²) in [5, 5.41) is 22.7. The van der Waals surface area contributed by atoms with E-state index in [1.807, 2.05) is 28.8 Å². The van der Waals surface area contributed by atoms with Crippen molar-refractivity contribution in [2.75, 3.05) is 12.3 Å². The number of ketones is 1. The van der Waals surface area contributed by atoms with Crippen molar-refractivity contribution in [1.29, 1.82) is 0 Å². The van der Waals surface area contributed by atoms with Crippen LogP contribution in [0.2, 0.25) is 0 Å². The Kier molecular flexibility index (Phi) is 8.33. The molecule has 32 heavy (non-hydrogen) atoms. The van der Waals surface area contributed by atoms with Crippen LogP contribution in [0.3, 0.4) is 0 Å². The molecular weight excluding hydrogens is 545 g/mol. The van der Waals surface area contributed by atoms with Crippen LogP contribution in [0.1, 0.15) is 29.5 Å². The Bertz CT molecular complexity index is 1120. The van der Waals surface area contributed by atoms with E-state index < -0.39 is 4.92 Å². The van der Waals surface area contributed by atoms with Gasteiger partial charge in [0.05, 0.1) is 10.7 Å². The number of benzene rings is 2. The molecular formula is C21H20IN5O4S. The van der Waals surface area contributed by atoms with Gasteiger partial charge in [-0.1, -0.05) is 11.8 Å². The predicted octanol–water partition coefficient (Wildman–Crippen LogP) is 3.82. The number of nitrogens with zero attached hydrogens (tertiary/aromatic N) is 4. The van der Waals surface area contributed by atoms with E-state index in [1.54, 1.807) is 0 Å². The second kappa shape index (κ2) is 11.2. The SMILES string of the molecule is CC(=O)NCCCc1nnc(SCC(=O)c2ccc([N+](=O)[O-])cc2)n1-c1ccc(I)cc1. The first-order valence-electron chi connectivity index (χ1n) is 9.70. The average Bonchev–Trinajstić information content (AvgIpc) is 3.18. The number of hydrogen-bond donors (Lipinski definition) is 1. The summed E-state index contributed by atoms with van der Waals surface area (Å²) in [5.41, 5.74) is 1.23. The summed E-state index contributed by atoms with van der Waals surface area (Å²) in [6.07, 6.45) is 1.31. The number of nitrogens with one attached hydrogen (secondary N) is 1. The van der Waals surface area contributed by atoms with Crippen LogP contribution in [0.25, 0.3) is 5.69 Å². The van der Waals surface area contributed by atoms with Crippen LogP contribution in [0.4, 0.5) is 5.69 Å². The largest absolute Gasteiger partial charge is 0.356 e. The molecule has 3 rings (SSSR count). The lowest BCUT2D eigenvalue weighted by Gasteiger charge is -2.10. The van der Waals surface area contributed by atoms with Crippen molar-refractivity contribution in [2.45, 2.75) is 24.9 Å². The highest BCUT2D eigenvalue weighted by Crippen LogP contribution is 2.24. The van der Waals surface area contributed by atoms with Gasteiger partial charge in [0.2, 0.25) is 5.91 Å². The number of amides is 1. The third-order valence-corrected chi connectivity index (χ3v) is 6.12. The molecule has 0 aliphatic heterocycles. The summed E-state index contributed by atoms with van der Waals surface area (Å²) >= 11 is 3.49. The highest BCUT2D eigenvalue weighted by Gasteiger charge is 2.17. The first-order valence-corrected chi connectivity index (χ1v) is 11.8. The summed E-state index contributed by atoms with van der Waals surface area (Å²) in [4.78, 5) is 34.0. The van der Waals surface area contributed by atoms with E-state index in [2.05, 4.69) is 38.1 Å². The third-order valence-electron chi connectivity index (χ3n) is 4.47. The first kappa shape index (κ1) is 23.9. The summed E-state index contributed by atoms with van der Waals surface area (Å²) < 4.78 is 3.01. The number of Topliss-reactive ketones (excluding diaryl/α,β-unsaturated/α-hetero) is 1. The molecule has 11 heteroatoms. The van der Waals surface area contributed by atoms with Gasteiger partial charge in [-0.2, -0.15) is 0 Å². The summed E-state index contributed by atoms with van der Waals surface area (Å²) in [5.74, 6) is 0.618. The van der Waals surface area contributed by atoms with Crippen molar-refractivity contribution in [1.82, 2.24) is 20.1 Å². The molecule has 0 saturated carbocycles. The minimum Gasteiger partial charge on any atom is -0.356 e. The lowest BCUT2D eigenvalue weighted by Crippen LogP contribution is -2.21. The van der Waals surface area contributed by atoms with Crippen LogP contribution < -0.4 is 5.32 Å². The number of rotatable bonds is 10. The van der Waals surface area contributed by atoms with Crippen LogP contribution in [0, 0.1) is 13.7 Å². The van der Waals surface area contributed by atoms with Crippen LogP contribution in [-0.4, -0.2) is 43.7 Å². The maximum Gasteiger partial charge on any atom is 0.269 e. The van der Waals surface area contributed by atoms with E-state index in [9.17, 15) is 19.7 Å². The van der Waals surface area contributed by atoms with Crippen molar-refractivity contribution >= 4 is 51.7 Å². The molecule has 1 amide bonds. The second-order valence-corrected chi connectivity index (χ2v) is 9.00. The fraction of sp³-hybridized carbons (Fsp3) is 0.238. The summed E-state index contributed by atoms with van der Waals surface area (Å²) in [6, 6.07) is 13.4. The minimum absolute atomic E-state index is 0.0587. The first-order chi connectivity index (χ1) is 15.3. The maximum atomic E-state index is 12.6. The molecule has 166 valence electrons. The molecule has 1 aromatic heterocycles. The molecule has 0 aliphatic rings. The van der Waals surface area contributed by atoms with Gasteiger partial charge in [-0.05, 0) is 65.4 Å². The Morgan fingerprint density at radius 2 is 1.81 bits per heavy atom. The Labute approximate surface area is 202 Å². The number of carbonyl (C=O) groups is 2. The standard InChI is InChI=1S/C21H20IN5O4S/c1-14(28)23-12-2-3-20-24-25-21(26(20)17-10-6-16(22)7-11-17)32-13-19(29)15-4-8-18(9-5-15)27(30)31/h4-11H,2-3,12-13H2,1H3,(H,23,28). The van der Waals surface area contributed by atoms with E-state index in [0.717, 1.165) is 15.1 Å². The Morgan fingerprint density at radius 1 is 1.12 bits per heavy atom. The van der Waals surface area contributed by atoms with Crippen LogP contribution in [0.15, 0.2) is 53.7 Å². The summed E-state index contributed by atoms with van der Waals surface area (Å²) in [6.45, 7) is 2.01. The monoisotopic (exact) mass is 565 g/mol. The minimum atomic E-state index is -0.500. The molecule has 0 bridgehead atoms. The maximum absolute atomic E-state index is 12.6. The molecule has 0 unspecified atom stereocenters. The molecule has 1 heterocycles. The van der Waals surface area contributed by atoms with Gasteiger partial charge in [0, 0.05) is 46.8 Å². The number of nitro groups is 1. The average molecular weight is 565 g/mol. The number of nitro benzene ring substituents is 1. The molecule has 1 N–H and O–H groups in total. The van der Waals surface area contributed by atoms with Gasteiger partial charge in [-0.3, -0.25) is 24.3 Å². The topological polar surface area (TPSA) is 120 Å². The van der Waals surface area contributed by atoms with E-state index in [0.29, 0.717) is 30.1 Å². The van der Waals surface area contributed by atoms with Crippen molar-refractivity contribution in [3.05, 3.63) is 73.6 Å².